The largest absolute Gasteiger partial charge is 0.363 e. The minimum absolute atomic E-state index is 0.0159. The lowest BCUT2D eigenvalue weighted by Crippen LogP contribution is -2.49. The number of carbonyl (C=O) groups excluding carboxylic acids is 1. The van der Waals surface area contributed by atoms with Gasteiger partial charge in [-0.25, -0.2) is 0 Å². The maximum Gasteiger partial charge on any atom is 0.293 e. The van der Waals surface area contributed by atoms with Crippen LogP contribution in [-0.4, -0.2) is 90.2 Å². The molecule has 3 aromatic rings. The van der Waals surface area contributed by atoms with Crippen LogP contribution in [0.3, 0.4) is 0 Å². The fourth-order valence-electron chi connectivity index (χ4n) is 4.70. The molecule has 2 fully saturated rings. The lowest BCUT2D eigenvalue weighted by molar-refractivity contribution is -0.384. The summed E-state index contributed by atoms with van der Waals surface area (Å²) < 4.78 is 0. The Balaban J connectivity index is 1.24. The third kappa shape index (κ3) is 4.99. The first-order chi connectivity index (χ1) is 17.5. The van der Waals surface area contributed by atoms with Crippen molar-refractivity contribution in [3.8, 4) is 11.3 Å². The standard InChI is InChI=1S/C26H29N7O3/c1-29-11-13-30(14-12-29)23-9-7-21(19-24(23)33(35)36)26(34)32-17-15-31(16-18-32)25-10-8-22(27-28-25)20-5-3-2-4-6-20/h2-10,19H,11-18H2,1H3. The van der Waals surface area contributed by atoms with E-state index < -0.39 is 0 Å². The van der Waals surface area contributed by atoms with E-state index in [2.05, 4.69) is 20.0 Å². The average molecular weight is 488 g/mol. The lowest BCUT2D eigenvalue weighted by atomic mass is 10.1. The van der Waals surface area contributed by atoms with Gasteiger partial charge in [0, 0.05) is 69.6 Å². The van der Waals surface area contributed by atoms with Gasteiger partial charge < -0.3 is 19.6 Å². The highest BCUT2D eigenvalue weighted by Gasteiger charge is 2.27. The topological polar surface area (TPSA) is 99.0 Å². The number of aromatic nitrogens is 2. The van der Waals surface area contributed by atoms with Crippen molar-refractivity contribution in [3.05, 3.63) is 76.3 Å². The fourth-order valence-corrected chi connectivity index (χ4v) is 4.70. The van der Waals surface area contributed by atoms with Crippen molar-refractivity contribution in [3.63, 3.8) is 0 Å². The van der Waals surface area contributed by atoms with Gasteiger partial charge in [-0.3, -0.25) is 14.9 Å². The SMILES string of the molecule is CN1CCN(c2ccc(C(=O)N3CCN(c4ccc(-c5ccccc5)nn4)CC3)cc2[N+](=O)[O-])CC1. The van der Waals surface area contributed by atoms with Crippen molar-refractivity contribution in [1.82, 2.24) is 20.0 Å². The zero-order valence-corrected chi connectivity index (χ0v) is 20.3. The van der Waals surface area contributed by atoms with Gasteiger partial charge >= 0.3 is 0 Å². The quantitative estimate of drug-likeness (QED) is 0.400. The van der Waals surface area contributed by atoms with Gasteiger partial charge in [0.25, 0.3) is 11.6 Å². The molecule has 0 radical (unpaired) electrons. The van der Waals surface area contributed by atoms with Crippen LogP contribution in [0.1, 0.15) is 10.4 Å². The van der Waals surface area contributed by atoms with Gasteiger partial charge in [-0.05, 0) is 31.3 Å². The van der Waals surface area contributed by atoms with Gasteiger partial charge in [-0.2, -0.15) is 0 Å². The van der Waals surface area contributed by atoms with Gasteiger partial charge in [0.05, 0.1) is 10.6 Å². The Kier molecular flexibility index (Phi) is 6.77. The molecular weight excluding hydrogens is 458 g/mol. The van der Waals surface area contributed by atoms with E-state index in [1.54, 1.807) is 17.0 Å². The monoisotopic (exact) mass is 487 g/mol. The van der Waals surface area contributed by atoms with Crippen LogP contribution in [0.4, 0.5) is 17.2 Å². The molecule has 10 nitrogen and oxygen atoms in total. The Morgan fingerprint density at radius 1 is 0.833 bits per heavy atom. The van der Waals surface area contributed by atoms with Crippen LogP contribution in [0.25, 0.3) is 11.3 Å². The number of hydrogen-bond acceptors (Lipinski definition) is 8. The first-order valence-corrected chi connectivity index (χ1v) is 12.1. The van der Waals surface area contributed by atoms with Crippen molar-refractivity contribution in [2.75, 3.05) is 69.2 Å². The zero-order chi connectivity index (χ0) is 25.1. The van der Waals surface area contributed by atoms with Crippen LogP contribution in [0.5, 0.6) is 0 Å². The number of nitro benzene ring substituents is 1. The molecule has 0 aliphatic carbocycles. The minimum atomic E-state index is -0.389. The summed E-state index contributed by atoms with van der Waals surface area (Å²) in [4.78, 5) is 32.7. The second kappa shape index (κ2) is 10.3. The van der Waals surface area contributed by atoms with Crippen molar-refractivity contribution in [2.45, 2.75) is 0 Å². The van der Waals surface area contributed by atoms with Gasteiger partial charge in [0.2, 0.25) is 0 Å². The molecular formula is C26H29N7O3. The molecule has 0 atom stereocenters. The third-order valence-electron chi connectivity index (χ3n) is 6.87. The van der Waals surface area contributed by atoms with E-state index in [9.17, 15) is 14.9 Å². The summed E-state index contributed by atoms with van der Waals surface area (Å²) in [6.45, 7) is 5.40. The highest BCUT2D eigenvalue weighted by atomic mass is 16.6. The summed E-state index contributed by atoms with van der Waals surface area (Å²) in [6.07, 6.45) is 0. The predicted octanol–water partition coefficient (Wildman–Crippen LogP) is 2.77. The van der Waals surface area contributed by atoms with Crippen LogP contribution >= 0.6 is 0 Å². The molecule has 0 N–H and O–H groups in total. The van der Waals surface area contributed by atoms with E-state index in [-0.39, 0.29) is 16.5 Å². The Hall–Kier alpha value is -4.05. The molecule has 186 valence electrons. The van der Waals surface area contributed by atoms with Gasteiger partial charge in [-0.1, -0.05) is 30.3 Å². The summed E-state index contributed by atoms with van der Waals surface area (Å²) in [5.74, 6) is 0.585. The summed E-state index contributed by atoms with van der Waals surface area (Å²) in [5, 5.41) is 20.6. The highest BCUT2D eigenvalue weighted by molar-refractivity contribution is 5.96. The van der Waals surface area contributed by atoms with Crippen molar-refractivity contribution in [2.24, 2.45) is 0 Å². The highest BCUT2D eigenvalue weighted by Crippen LogP contribution is 2.30. The Morgan fingerprint density at radius 3 is 2.17 bits per heavy atom. The number of rotatable bonds is 5. The maximum absolute atomic E-state index is 13.2. The molecule has 2 aliphatic rings. The molecule has 0 bridgehead atoms. The van der Waals surface area contributed by atoms with E-state index in [0.29, 0.717) is 37.4 Å². The predicted molar refractivity (Wildman–Crippen MR) is 138 cm³/mol. The normalized spacial score (nSPS) is 16.8. The molecule has 2 aromatic carbocycles. The summed E-state index contributed by atoms with van der Waals surface area (Å²) in [6, 6.07) is 18.7. The summed E-state index contributed by atoms with van der Waals surface area (Å²) in [7, 11) is 2.04. The van der Waals surface area contributed by atoms with E-state index >= 15 is 0 Å². The Labute approximate surface area is 209 Å². The number of nitro groups is 1. The molecule has 2 aliphatic heterocycles. The number of nitrogens with zero attached hydrogens (tertiary/aromatic N) is 7. The van der Waals surface area contributed by atoms with Gasteiger partial charge in [0.1, 0.15) is 5.69 Å². The van der Waals surface area contributed by atoms with Crippen molar-refractivity contribution >= 4 is 23.1 Å². The number of benzene rings is 2. The zero-order valence-electron chi connectivity index (χ0n) is 20.3. The lowest BCUT2D eigenvalue weighted by Gasteiger charge is -2.35. The molecule has 10 heteroatoms. The summed E-state index contributed by atoms with van der Waals surface area (Å²) >= 11 is 0. The second-order valence-corrected chi connectivity index (χ2v) is 9.17. The molecule has 0 unspecified atom stereocenters. The van der Waals surface area contributed by atoms with Crippen LogP contribution in [0, 0.1) is 10.1 Å². The smallest absolute Gasteiger partial charge is 0.293 e. The summed E-state index contributed by atoms with van der Waals surface area (Å²) in [5.41, 5.74) is 2.74. The average Bonchev–Trinajstić information content (AvgIpc) is 2.93. The molecule has 1 amide bonds. The number of likely N-dealkylation sites (N-methyl/N-ethyl adjacent to an activating group) is 1. The van der Waals surface area contributed by atoms with Crippen molar-refractivity contribution < 1.29 is 9.72 Å². The maximum atomic E-state index is 13.2. The molecule has 0 spiro atoms. The number of anilines is 2. The molecule has 2 saturated heterocycles. The van der Waals surface area contributed by atoms with Crippen LogP contribution in [0.15, 0.2) is 60.7 Å². The number of piperazine rings is 2. The third-order valence-corrected chi connectivity index (χ3v) is 6.87. The van der Waals surface area contributed by atoms with E-state index in [1.165, 1.54) is 6.07 Å². The Morgan fingerprint density at radius 2 is 1.53 bits per heavy atom. The fraction of sp³-hybridized carbons (Fsp3) is 0.346. The first-order valence-electron chi connectivity index (χ1n) is 12.1. The van der Waals surface area contributed by atoms with E-state index in [1.807, 2.05) is 54.4 Å². The van der Waals surface area contributed by atoms with Crippen LogP contribution in [0.2, 0.25) is 0 Å². The van der Waals surface area contributed by atoms with Gasteiger partial charge in [0.15, 0.2) is 5.82 Å². The number of amides is 1. The molecule has 3 heterocycles. The van der Waals surface area contributed by atoms with Crippen LogP contribution in [-0.2, 0) is 0 Å². The molecule has 0 saturated carbocycles. The second-order valence-electron chi connectivity index (χ2n) is 9.17. The van der Waals surface area contributed by atoms with Crippen molar-refractivity contribution in [1.29, 1.82) is 0 Å². The molecule has 36 heavy (non-hydrogen) atoms. The molecule has 5 rings (SSSR count). The van der Waals surface area contributed by atoms with Gasteiger partial charge in [-0.15, -0.1) is 10.2 Å². The Bertz CT molecular complexity index is 1220. The van der Waals surface area contributed by atoms with Crippen LogP contribution < -0.4 is 9.80 Å². The number of hydrogen-bond donors (Lipinski definition) is 0. The minimum Gasteiger partial charge on any atom is -0.363 e. The first kappa shape index (κ1) is 23.7. The molecule has 1 aromatic heterocycles. The number of carbonyl (C=O) groups is 1. The van der Waals surface area contributed by atoms with E-state index in [4.69, 9.17) is 0 Å². The van der Waals surface area contributed by atoms with E-state index in [0.717, 1.165) is 43.3 Å².